The second-order valence-corrected chi connectivity index (χ2v) is 6.91. The average molecular weight is 304 g/mol. The van der Waals surface area contributed by atoms with Gasteiger partial charge in [0.25, 0.3) is 0 Å². The zero-order valence-electron chi connectivity index (χ0n) is 12.6. The molecule has 0 amide bonds. The molecule has 3 aliphatic rings. The van der Waals surface area contributed by atoms with Crippen LogP contribution in [0.3, 0.4) is 0 Å². The average Bonchev–Trinajstić information content (AvgIpc) is 2.85. The molecule has 3 fully saturated rings. The van der Waals surface area contributed by atoms with Gasteiger partial charge in [-0.1, -0.05) is 6.07 Å². The Morgan fingerprint density at radius 3 is 2.76 bits per heavy atom. The van der Waals surface area contributed by atoms with Crippen molar-refractivity contribution in [2.24, 2.45) is 5.92 Å². The highest BCUT2D eigenvalue weighted by molar-refractivity contribution is 6.17. The van der Waals surface area contributed by atoms with E-state index < -0.39 is 0 Å². The molecule has 4 heteroatoms. The van der Waals surface area contributed by atoms with Crippen LogP contribution in [0.5, 0.6) is 0 Å². The van der Waals surface area contributed by atoms with Crippen LogP contribution in [0, 0.1) is 12.8 Å². The number of imidazole rings is 1. The van der Waals surface area contributed by atoms with Crippen LogP contribution in [-0.4, -0.2) is 40.0 Å². The molecule has 3 nitrogen and oxygen atoms in total. The monoisotopic (exact) mass is 303 g/mol. The molecule has 21 heavy (non-hydrogen) atoms. The summed E-state index contributed by atoms with van der Waals surface area (Å²) in [4.78, 5) is 7.49. The van der Waals surface area contributed by atoms with Gasteiger partial charge in [-0.2, -0.15) is 0 Å². The number of hydrogen-bond acceptors (Lipinski definition) is 2. The van der Waals surface area contributed by atoms with E-state index in [2.05, 4.69) is 34.6 Å². The molecule has 0 saturated carbocycles. The Balaban J connectivity index is 1.83. The van der Waals surface area contributed by atoms with Crippen LogP contribution >= 0.6 is 11.6 Å². The molecule has 2 aromatic rings. The zero-order chi connectivity index (χ0) is 14.4. The van der Waals surface area contributed by atoms with Crippen LogP contribution in [0.2, 0.25) is 0 Å². The van der Waals surface area contributed by atoms with Gasteiger partial charge in [0.1, 0.15) is 5.82 Å². The molecular formula is C17H22ClN3. The van der Waals surface area contributed by atoms with Crippen LogP contribution in [0.25, 0.3) is 11.0 Å². The molecule has 5 rings (SSSR count). The highest BCUT2D eigenvalue weighted by Gasteiger charge is 2.36. The van der Waals surface area contributed by atoms with E-state index in [1.165, 1.54) is 49.4 Å². The van der Waals surface area contributed by atoms with E-state index in [0.717, 1.165) is 17.9 Å². The third kappa shape index (κ3) is 2.27. The van der Waals surface area contributed by atoms with Gasteiger partial charge >= 0.3 is 0 Å². The minimum absolute atomic E-state index is 0.582. The van der Waals surface area contributed by atoms with Crippen molar-refractivity contribution in [3.8, 4) is 0 Å². The predicted octanol–water partition coefficient (Wildman–Crippen LogP) is 3.39. The van der Waals surface area contributed by atoms with Gasteiger partial charge in [0.05, 0.1) is 17.1 Å². The minimum atomic E-state index is 0.582. The molecule has 3 aliphatic heterocycles. The minimum Gasteiger partial charge on any atom is -0.323 e. The molecule has 0 N–H and O–H groups in total. The lowest BCUT2D eigenvalue weighted by Gasteiger charge is -2.45. The second kappa shape index (κ2) is 5.29. The lowest BCUT2D eigenvalue weighted by atomic mass is 9.83. The highest BCUT2D eigenvalue weighted by Crippen LogP contribution is 2.38. The standard InChI is InChI=1S/C17H22ClN3/c1-12-2-3-15-14(10-12)19-17(4-7-18)21(15)16-11-20-8-5-13(16)6-9-20/h2-3,10,13,16H,4-9,11H2,1H3. The maximum atomic E-state index is 6.02. The summed E-state index contributed by atoms with van der Waals surface area (Å²) in [6.07, 6.45) is 3.52. The lowest BCUT2D eigenvalue weighted by Crippen LogP contribution is -2.48. The molecule has 4 heterocycles. The van der Waals surface area contributed by atoms with Gasteiger partial charge in [0, 0.05) is 18.8 Å². The molecule has 1 unspecified atom stereocenters. The smallest absolute Gasteiger partial charge is 0.111 e. The first-order chi connectivity index (χ1) is 10.3. The molecular weight excluding hydrogens is 282 g/mol. The summed E-state index contributed by atoms with van der Waals surface area (Å²) in [5.74, 6) is 2.62. The predicted molar refractivity (Wildman–Crippen MR) is 87.1 cm³/mol. The fourth-order valence-corrected chi connectivity index (χ4v) is 4.28. The van der Waals surface area contributed by atoms with Gasteiger partial charge in [-0.15, -0.1) is 11.6 Å². The molecule has 3 saturated heterocycles. The van der Waals surface area contributed by atoms with Gasteiger partial charge in [0.15, 0.2) is 0 Å². The number of piperidine rings is 3. The molecule has 2 bridgehead atoms. The van der Waals surface area contributed by atoms with Crippen LogP contribution in [-0.2, 0) is 6.42 Å². The summed E-state index contributed by atoms with van der Waals surface area (Å²) in [5, 5.41) is 0. The van der Waals surface area contributed by atoms with E-state index in [4.69, 9.17) is 16.6 Å². The van der Waals surface area contributed by atoms with Crippen LogP contribution in [0.1, 0.15) is 30.3 Å². The quantitative estimate of drug-likeness (QED) is 0.810. The normalized spacial score (nSPS) is 28.4. The molecule has 1 atom stereocenters. The lowest BCUT2D eigenvalue weighted by molar-refractivity contribution is 0.0576. The summed E-state index contributed by atoms with van der Waals surface area (Å²) >= 11 is 6.02. The van der Waals surface area contributed by atoms with Crippen LogP contribution in [0.15, 0.2) is 18.2 Å². The number of aromatic nitrogens is 2. The topological polar surface area (TPSA) is 21.1 Å². The molecule has 0 spiro atoms. The van der Waals surface area contributed by atoms with Gasteiger partial charge in [-0.25, -0.2) is 4.98 Å². The van der Waals surface area contributed by atoms with Crippen LogP contribution < -0.4 is 0 Å². The summed E-state index contributed by atoms with van der Waals surface area (Å²) in [6, 6.07) is 7.23. The van der Waals surface area contributed by atoms with E-state index in [9.17, 15) is 0 Å². The second-order valence-electron chi connectivity index (χ2n) is 6.53. The Morgan fingerprint density at radius 2 is 2.10 bits per heavy atom. The molecule has 0 aliphatic carbocycles. The Labute approximate surface area is 130 Å². The van der Waals surface area contributed by atoms with Crippen molar-refractivity contribution in [1.82, 2.24) is 14.5 Å². The zero-order valence-corrected chi connectivity index (χ0v) is 13.3. The SMILES string of the molecule is Cc1ccc2c(c1)nc(CCCl)n2C1CN2CCC1CC2. The maximum absolute atomic E-state index is 6.02. The summed E-state index contributed by atoms with van der Waals surface area (Å²) in [6.45, 7) is 5.86. The van der Waals surface area contributed by atoms with Crippen molar-refractivity contribution >= 4 is 22.6 Å². The third-order valence-electron chi connectivity index (χ3n) is 5.19. The number of nitrogens with zero attached hydrogens (tertiary/aromatic N) is 3. The van der Waals surface area contributed by atoms with Gasteiger partial charge in [0.2, 0.25) is 0 Å². The number of fused-ring (bicyclic) bond motifs is 4. The number of aryl methyl sites for hydroxylation is 2. The van der Waals surface area contributed by atoms with E-state index in [1.807, 2.05) is 0 Å². The van der Waals surface area contributed by atoms with E-state index in [-0.39, 0.29) is 0 Å². The first kappa shape index (κ1) is 13.6. The maximum Gasteiger partial charge on any atom is 0.111 e. The van der Waals surface area contributed by atoms with Crippen molar-refractivity contribution in [1.29, 1.82) is 0 Å². The first-order valence-corrected chi connectivity index (χ1v) is 8.55. The fourth-order valence-electron chi connectivity index (χ4n) is 4.12. The van der Waals surface area contributed by atoms with Crippen molar-refractivity contribution in [2.45, 2.75) is 32.2 Å². The van der Waals surface area contributed by atoms with Crippen molar-refractivity contribution < 1.29 is 0 Å². The Bertz CT molecular complexity index is 655. The van der Waals surface area contributed by atoms with E-state index >= 15 is 0 Å². The Kier molecular flexibility index (Phi) is 3.43. The number of hydrogen-bond donors (Lipinski definition) is 0. The van der Waals surface area contributed by atoms with Gasteiger partial charge < -0.3 is 9.47 Å². The molecule has 1 aromatic heterocycles. The number of benzene rings is 1. The summed E-state index contributed by atoms with van der Waals surface area (Å²) < 4.78 is 2.51. The first-order valence-electron chi connectivity index (χ1n) is 8.02. The van der Waals surface area contributed by atoms with Crippen molar-refractivity contribution in [3.05, 3.63) is 29.6 Å². The largest absolute Gasteiger partial charge is 0.323 e. The highest BCUT2D eigenvalue weighted by atomic mass is 35.5. The van der Waals surface area contributed by atoms with Gasteiger partial charge in [-0.3, -0.25) is 0 Å². The van der Waals surface area contributed by atoms with Crippen molar-refractivity contribution in [2.75, 3.05) is 25.5 Å². The van der Waals surface area contributed by atoms with Crippen molar-refractivity contribution in [3.63, 3.8) is 0 Å². The van der Waals surface area contributed by atoms with E-state index in [0.29, 0.717) is 11.9 Å². The molecule has 112 valence electrons. The third-order valence-corrected chi connectivity index (χ3v) is 5.38. The molecule has 0 radical (unpaired) electrons. The van der Waals surface area contributed by atoms with Gasteiger partial charge in [-0.05, 0) is 56.5 Å². The van der Waals surface area contributed by atoms with Crippen LogP contribution in [0.4, 0.5) is 0 Å². The number of rotatable bonds is 3. The fraction of sp³-hybridized carbons (Fsp3) is 0.588. The Morgan fingerprint density at radius 1 is 1.29 bits per heavy atom. The summed E-state index contributed by atoms with van der Waals surface area (Å²) in [7, 11) is 0. The molecule has 1 aromatic carbocycles. The number of alkyl halides is 1. The Hall–Kier alpha value is -1.06. The number of halogens is 1. The van der Waals surface area contributed by atoms with E-state index in [1.54, 1.807) is 0 Å². The summed E-state index contributed by atoms with van der Waals surface area (Å²) in [5.41, 5.74) is 3.70.